The molecule has 0 saturated carbocycles. The van der Waals surface area contributed by atoms with E-state index in [4.69, 9.17) is 15.2 Å². The summed E-state index contributed by atoms with van der Waals surface area (Å²) in [4.78, 5) is 4.88. The maximum Gasteiger partial charge on any atom is 0.161 e. The first-order chi connectivity index (χ1) is 11.5. The fourth-order valence-corrected chi connectivity index (χ4v) is 3.12. The molecule has 1 aromatic carbocycles. The molecule has 0 radical (unpaired) electrons. The molecule has 0 aromatic heterocycles. The summed E-state index contributed by atoms with van der Waals surface area (Å²) in [7, 11) is 3.88. The van der Waals surface area contributed by atoms with E-state index in [1.165, 1.54) is 5.56 Å². The van der Waals surface area contributed by atoms with Gasteiger partial charge in [-0.2, -0.15) is 0 Å². The summed E-state index contributed by atoms with van der Waals surface area (Å²) in [5, 5.41) is 0. The average molecular weight is 335 g/mol. The van der Waals surface area contributed by atoms with Crippen LogP contribution < -0.4 is 15.2 Å². The number of rotatable bonds is 7. The number of hydrogen-bond acceptors (Lipinski definition) is 5. The Kier molecular flexibility index (Phi) is 6.90. The summed E-state index contributed by atoms with van der Waals surface area (Å²) in [6.45, 7) is 11.0. The molecule has 1 aliphatic rings. The Balaban J connectivity index is 2.16. The van der Waals surface area contributed by atoms with E-state index in [1.807, 2.05) is 6.07 Å². The fraction of sp³-hybridized carbons (Fsp3) is 0.684. The number of benzene rings is 1. The third-order valence-electron chi connectivity index (χ3n) is 4.80. The first-order valence-electron chi connectivity index (χ1n) is 8.91. The van der Waals surface area contributed by atoms with E-state index in [0.29, 0.717) is 25.1 Å². The normalized spacial score (nSPS) is 21.0. The van der Waals surface area contributed by atoms with Crippen molar-refractivity contribution in [2.75, 3.05) is 46.9 Å². The maximum atomic E-state index is 6.12. The predicted octanol–water partition coefficient (Wildman–Crippen LogP) is 2.37. The number of methoxy groups -OCH3 is 1. The van der Waals surface area contributed by atoms with Gasteiger partial charge in [-0.15, -0.1) is 0 Å². The molecule has 1 aromatic rings. The second-order valence-electron chi connectivity index (χ2n) is 7.19. The number of hydrogen-bond donors (Lipinski definition) is 1. The Bertz CT molecular complexity index is 521. The van der Waals surface area contributed by atoms with Crippen LogP contribution in [0.5, 0.6) is 11.5 Å². The molecular formula is C19H33N3O2. The van der Waals surface area contributed by atoms with Crippen LogP contribution in [0.1, 0.15) is 32.4 Å². The number of ether oxygens (including phenoxy) is 2. The van der Waals surface area contributed by atoms with Gasteiger partial charge in [-0.05, 0) is 37.6 Å². The first-order valence-corrected chi connectivity index (χ1v) is 8.91. The molecule has 1 heterocycles. The molecule has 0 spiro atoms. The molecule has 1 fully saturated rings. The second-order valence-corrected chi connectivity index (χ2v) is 7.19. The molecule has 1 aliphatic heterocycles. The molecule has 5 nitrogen and oxygen atoms in total. The lowest BCUT2D eigenvalue weighted by Crippen LogP contribution is -2.52. The van der Waals surface area contributed by atoms with E-state index in [1.54, 1.807) is 7.11 Å². The molecule has 2 N–H and O–H groups in total. The van der Waals surface area contributed by atoms with Gasteiger partial charge in [0, 0.05) is 38.3 Å². The highest BCUT2D eigenvalue weighted by molar-refractivity contribution is 5.44. The molecule has 2 unspecified atom stereocenters. The van der Waals surface area contributed by atoms with Gasteiger partial charge < -0.3 is 20.1 Å². The van der Waals surface area contributed by atoms with Gasteiger partial charge in [-0.3, -0.25) is 4.90 Å². The molecule has 2 atom stereocenters. The van der Waals surface area contributed by atoms with E-state index in [0.717, 1.165) is 31.1 Å². The van der Waals surface area contributed by atoms with E-state index >= 15 is 0 Å². The van der Waals surface area contributed by atoms with Gasteiger partial charge in [0.2, 0.25) is 0 Å². The molecular weight excluding hydrogens is 302 g/mol. The lowest BCUT2D eigenvalue weighted by Gasteiger charge is -2.41. The summed E-state index contributed by atoms with van der Waals surface area (Å²) < 4.78 is 11.4. The topological polar surface area (TPSA) is 51.0 Å². The summed E-state index contributed by atoms with van der Waals surface area (Å²) in [6.07, 6.45) is 0. The smallest absolute Gasteiger partial charge is 0.161 e. The van der Waals surface area contributed by atoms with Crippen molar-refractivity contribution in [3.63, 3.8) is 0 Å². The van der Waals surface area contributed by atoms with Crippen LogP contribution in [-0.4, -0.2) is 62.8 Å². The molecule has 0 aliphatic carbocycles. The van der Waals surface area contributed by atoms with Gasteiger partial charge in [0.05, 0.1) is 13.7 Å². The van der Waals surface area contributed by atoms with Crippen LogP contribution in [0.3, 0.4) is 0 Å². The zero-order valence-electron chi connectivity index (χ0n) is 15.8. The van der Waals surface area contributed by atoms with Crippen LogP contribution in [0.15, 0.2) is 18.2 Å². The summed E-state index contributed by atoms with van der Waals surface area (Å²) in [5.41, 5.74) is 7.31. The molecule has 136 valence electrons. The molecule has 0 bridgehead atoms. The third kappa shape index (κ3) is 4.62. The van der Waals surface area contributed by atoms with E-state index in [2.05, 4.69) is 49.8 Å². The minimum absolute atomic E-state index is 0.217. The van der Waals surface area contributed by atoms with Crippen molar-refractivity contribution in [1.82, 2.24) is 9.80 Å². The number of likely N-dealkylation sites (N-methyl/N-ethyl adjacent to an activating group) is 1. The predicted molar refractivity (Wildman–Crippen MR) is 98.8 cm³/mol. The highest BCUT2D eigenvalue weighted by Gasteiger charge is 2.27. The van der Waals surface area contributed by atoms with Crippen LogP contribution in [-0.2, 0) is 0 Å². The number of piperazine rings is 1. The SMILES string of the molecule is COc1cc(C(CN)N2CCN(C)C(C)C2)ccc1OCC(C)C. The first kappa shape index (κ1) is 19.0. The molecule has 24 heavy (non-hydrogen) atoms. The molecule has 0 amide bonds. The van der Waals surface area contributed by atoms with E-state index in [-0.39, 0.29) is 6.04 Å². The van der Waals surface area contributed by atoms with E-state index < -0.39 is 0 Å². The largest absolute Gasteiger partial charge is 0.493 e. The van der Waals surface area contributed by atoms with Crippen LogP contribution in [0.25, 0.3) is 0 Å². The van der Waals surface area contributed by atoms with Gasteiger partial charge in [-0.25, -0.2) is 0 Å². The van der Waals surface area contributed by atoms with Crippen molar-refractivity contribution in [2.24, 2.45) is 11.7 Å². The molecule has 1 saturated heterocycles. The van der Waals surface area contributed by atoms with E-state index in [9.17, 15) is 0 Å². The zero-order valence-corrected chi connectivity index (χ0v) is 15.8. The van der Waals surface area contributed by atoms with Gasteiger partial charge in [-0.1, -0.05) is 19.9 Å². The van der Waals surface area contributed by atoms with Crippen molar-refractivity contribution < 1.29 is 9.47 Å². The maximum absolute atomic E-state index is 6.12. The Labute approximate surface area is 146 Å². The number of nitrogens with two attached hydrogens (primary N) is 1. The Hall–Kier alpha value is -1.30. The fourth-order valence-electron chi connectivity index (χ4n) is 3.12. The zero-order chi connectivity index (χ0) is 17.7. The molecule has 2 rings (SSSR count). The van der Waals surface area contributed by atoms with Gasteiger partial charge >= 0.3 is 0 Å². The molecule has 5 heteroatoms. The quantitative estimate of drug-likeness (QED) is 0.829. The van der Waals surface area contributed by atoms with Crippen LogP contribution in [0.2, 0.25) is 0 Å². The average Bonchev–Trinajstić information content (AvgIpc) is 2.57. The van der Waals surface area contributed by atoms with Crippen molar-refractivity contribution in [1.29, 1.82) is 0 Å². The Morgan fingerprint density at radius 1 is 1.25 bits per heavy atom. The van der Waals surface area contributed by atoms with Crippen LogP contribution >= 0.6 is 0 Å². The standard InChI is InChI=1S/C19H33N3O2/c1-14(2)13-24-18-7-6-16(10-19(18)23-5)17(11-20)22-9-8-21(4)15(3)12-22/h6-7,10,14-15,17H,8-9,11-13,20H2,1-5H3. The van der Waals surface area contributed by atoms with Gasteiger partial charge in [0.15, 0.2) is 11.5 Å². The summed E-state index contributed by atoms with van der Waals surface area (Å²) in [6, 6.07) is 6.98. The van der Waals surface area contributed by atoms with Crippen molar-refractivity contribution in [3.05, 3.63) is 23.8 Å². The summed E-state index contributed by atoms with van der Waals surface area (Å²) in [5.74, 6) is 2.07. The highest BCUT2D eigenvalue weighted by atomic mass is 16.5. The Morgan fingerprint density at radius 3 is 2.58 bits per heavy atom. The minimum atomic E-state index is 0.217. The Morgan fingerprint density at radius 2 is 2.00 bits per heavy atom. The van der Waals surface area contributed by atoms with Crippen molar-refractivity contribution in [3.8, 4) is 11.5 Å². The van der Waals surface area contributed by atoms with Crippen LogP contribution in [0, 0.1) is 5.92 Å². The van der Waals surface area contributed by atoms with Crippen LogP contribution in [0.4, 0.5) is 0 Å². The lowest BCUT2D eigenvalue weighted by molar-refractivity contribution is 0.0740. The highest BCUT2D eigenvalue weighted by Crippen LogP contribution is 2.32. The van der Waals surface area contributed by atoms with Gasteiger partial charge in [0.1, 0.15) is 0 Å². The second kappa shape index (κ2) is 8.70. The number of nitrogens with zero attached hydrogens (tertiary/aromatic N) is 2. The monoisotopic (exact) mass is 335 g/mol. The lowest BCUT2D eigenvalue weighted by atomic mass is 10.0. The third-order valence-corrected chi connectivity index (χ3v) is 4.80. The van der Waals surface area contributed by atoms with Crippen molar-refractivity contribution >= 4 is 0 Å². The summed E-state index contributed by atoms with van der Waals surface area (Å²) >= 11 is 0. The van der Waals surface area contributed by atoms with Gasteiger partial charge in [0.25, 0.3) is 0 Å². The van der Waals surface area contributed by atoms with Crippen molar-refractivity contribution in [2.45, 2.75) is 32.9 Å². The minimum Gasteiger partial charge on any atom is -0.493 e.